The molecular formula is C135H105Ge3N9. The molecule has 30 rings (SSSR count). The molecule has 12 heteroatoms. The molecule has 3 aliphatic carbocycles. The maximum absolute atomic E-state index is 5.36. The summed E-state index contributed by atoms with van der Waals surface area (Å²) >= 11 is -8.76. The van der Waals surface area contributed by atoms with Crippen molar-refractivity contribution in [1.82, 2.24) is 43.6 Å². The molecular weight excluding hydrogens is 1970 g/mol. The average Bonchev–Trinajstić information content (AvgIpc) is 1.53. The average molecular weight is 2070 g/mol. The Hall–Kier alpha value is -15.8. The summed E-state index contributed by atoms with van der Waals surface area (Å²) in [5.74, 6) is 17.5. The van der Waals surface area contributed by atoms with Gasteiger partial charge in [-0.25, -0.2) is 0 Å². The van der Waals surface area contributed by atoms with E-state index in [0.29, 0.717) is 0 Å². The number of rotatable bonds is 9. The third-order valence-electron chi connectivity index (χ3n) is 33.5. The summed E-state index contributed by atoms with van der Waals surface area (Å²) in [6, 6.07) is 153. The van der Waals surface area contributed by atoms with E-state index >= 15 is 0 Å². The molecule has 6 aliphatic rings. The molecule has 0 N–H and O–H groups in total. The van der Waals surface area contributed by atoms with Crippen molar-refractivity contribution in [2.24, 2.45) is 0 Å². The van der Waals surface area contributed by atoms with Crippen molar-refractivity contribution in [3.8, 4) is 152 Å². The fourth-order valence-corrected chi connectivity index (χ4v) is 46.7. The number of nitrogens with zero attached hydrogens (tertiary/aromatic N) is 9. The molecule has 0 fully saturated rings. The van der Waals surface area contributed by atoms with Crippen LogP contribution in [-0.4, -0.2) is 83.4 Å². The van der Waals surface area contributed by atoms with Gasteiger partial charge in [-0.3, -0.25) is 0 Å². The van der Waals surface area contributed by atoms with Gasteiger partial charge in [0, 0.05) is 0 Å². The van der Waals surface area contributed by atoms with Crippen LogP contribution >= 0.6 is 0 Å². The van der Waals surface area contributed by atoms with Crippen molar-refractivity contribution in [2.75, 3.05) is 0 Å². The van der Waals surface area contributed by atoms with E-state index in [1.54, 1.807) is 0 Å². The minimum absolute atomic E-state index is 0.0682. The predicted octanol–water partition coefficient (Wildman–Crippen LogP) is 30.1. The Morgan fingerprint density at radius 3 is 0.932 bits per heavy atom. The molecule has 3 aliphatic heterocycles. The summed E-state index contributed by atoms with van der Waals surface area (Å²) in [4.78, 5) is 32.0. The van der Waals surface area contributed by atoms with E-state index in [1.165, 1.54) is 192 Å². The van der Waals surface area contributed by atoms with Gasteiger partial charge < -0.3 is 0 Å². The molecule has 147 heavy (non-hydrogen) atoms. The maximum atomic E-state index is 5.36. The van der Waals surface area contributed by atoms with Crippen LogP contribution in [0, 0.1) is 0 Å². The first-order valence-electron chi connectivity index (χ1n) is 51.6. The molecule has 18 aromatic carbocycles. The van der Waals surface area contributed by atoms with Crippen LogP contribution < -0.4 is 26.4 Å². The molecule has 24 aromatic rings. The van der Waals surface area contributed by atoms with Crippen molar-refractivity contribution in [1.29, 1.82) is 0 Å². The summed E-state index contributed by atoms with van der Waals surface area (Å²) in [7, 11) is 0. The SMILES string of the molecule is CC1(C)c2ccccc2-c2c1ccc1c3ccccc3n(-c3ccc4[c](c3)[Ge]([CH3])([CH3])[c]3c(-c5ccccc5)nc(-c5ccccc5)nc3-4)c21.CC1(C)c2ccccc2-c2cc3c4ccccc4n(-c4ccc5[c](c4)[Ge]([CH3])([CH3])[c]4c(-c6ccccc6)nc(-c6ccccc6)nc4-5)c3cc21.CC1(C)c2ccccc2-c2ccc3c4ccccc4n(-c4ccc5[c](c4)[Ge]([CH3])([CH3])[c]4c(-c6ccccc6)nc(-c6ccccc6)nc4-5)c3c21. The van der Waals surface area contributed by atoms with Gasteiger partial charge in [-0.05, 0) is 0 Å². The number of hydrogen-bond acceptors (Lipinski definition) is 6. The van der Waals surface area contributed by atoms with Gasteiger partial charge in [-0.15, -0.1) is 0 Å². The van der Waals surface area contributed by atoms with Crippen LogP contribution in [0.3, 0.4) is 0 Å². The third kappa shape index (κ3) is 13.2. The molecule has 0 unspecified atom stereocenters. The van der Waals surface area contributed by atoms with Crippen LogP contribution in [0.2, 0.25) is 34.5 Å². The normalized spacial score (nSPS) is 14.9. The van der Waals surface area contributed by atoms with Gasteiger partial charge in [0.05, 0.1) is 0 Å². The van der Waals surface area contributed by atoms with Gasteiger partial charge in [0.25, 0.3) is 0 Å². The van der Waals surface area contributed by atoms with Gasteiger partial charge in [-0.1, -0.05) is 0 Å². The Morgan fingerprint density at radius 2 is 0.503 bits per heavy atom. The van der Waals surface area contributed by atoms with Gasteiger partial charge in [-0.2, -0.15) is 0 Å². The molecule has 0 saturated carbocycles. The molecule has 9 heterocycles. The van der Waals surface area contributed by atoms with E-state index < -0.39 is 39.8 Å². The van der Waals surface area contributed by atoms with Crippen molar-refractivity contribution in [2.45, 2.75) is 92.3 Å². The second-order valence-electron chi connectivity index (χ2n) is 43.9. The van der Waals surface area contributed by atoms with E-state index in [4.69, 9.17) is 29.9 Å². The topological polar surface area (TPSA) is 92.1 Å². The first-order chi connectivity index (χ1) is 71.5. The summed E-state index contributed by atoms with van der Waals surface area (Å²) < 4.78 is 16.1. The number of benzene rings is 18. The molecule has 6 aromatic heterocycles. The van der Waals surface area contributed by atoms with E-state index in [0.717, 1.165) is 85.0 Å². The van der Waals surface area contributed by atoms with E-state index in [1.807, 2.05) is 18.2 Å². The van der Waals surface area contributed by atoms with Crippen LogP contribution in [0.25, 0.3) is 218 Å². The number of para-hydroxylation sites is 3. The first-order valence-corrected chi connectivity index (χ1v) is 70.4. The zero-order valence-corrected chi connectivity index (χ0v) is 90.7. The second kappa shape index (κ2) is 32.9. The summed E-state index contributed by atoms with van der Waals surface area (Å²) in [6.07, 6.45) is 0. The van der Waals surface area contributed by atoms with Gasteiger partial charge in [0.2, 0.25) is 0 Å². The number of aromatic nitrogens is 9. The van der Waals surface area contributed by atoms with Gasteiger partial charge in [0.15, 0.2) is 0 Å². The van der Waals surface area contributed by atoms with Crippen molar-refractivity contribution in [3.63, 3.8) is 0 Å². The van der Waals surface area contributed by atoms with E-state index in [2.05, 4.69) is 490 Å². The van der Waals surface area contributed by atoms with Crippen LogP contribution in [0.1, 0.15) is 74.9 Å². The summed E-state index contributed by atoms with van der Waals surface area (Å²) in [6.45, 7) is 14.3. The molecule has 0 spiro atoms. The first kappa shape index (κ1) is 88.9. The van der Waals surface area contributed by atoms with Crippen molar-refractivity contribution in [3.05, 3.63) is 452 Å². The zero-order valence-electron chi connectivity index (χ0n) is 84.4. The summed E-state index contributed by atoms with van der Waals surface area (Å²) in [5, 5.41) is 7.78. The fourth-order valence-electron chi connectivity index (χ4n) is 26.4. The molecule has 0 saturated heterocycles. The molecule has 9 nitrogen and oxygen atoms in total. The Labute approximate surface area is 864 Å². The Balaban J connectivity index is 0.000000107. The second-order valence-corrected chi connectivity index (χ2v) is 70.9. The summed E-state index contributed by atoms with van der Waals surface area (Å²) in [5.41, 5.74) is 44.5. The minimum atomic E-state index is -2.93. The van der Waals surface area contributed by atoms with E-state index in [-0.39, 0.29) is 16.2 Å². The van der Waals surface area contributed by atoms with Crippen molar-refractivity contribution < 1.29 is 0 Å². The Kier molecular flexibility index (Phi) is 19.9. The quantitative estimate of drug-likeness (QED) is 0.134. The van der Waals surface area contributed by atoms with Gasteiger partial charge in [0.1, 0.15) is 0 Å². The molecule has 0 radical (unpaired) electrons. The number of hydrogen-bond donors (Lipinski definition) is 0. The predicted molar refractivity (Wildman–Crippen MR) is 621 cm³/mol. The van der Waals surface area contributed by atoms with Crippen LogP contribution in [0.5, 0.6) is 0 Å². The standard InChI is InChI=1S/3C45H35GeN3/c1-45(2)35-21-13-11-20-33(35)39-36(45)26-25-32-31-19-12-14-22-38(31)49(43(32)39)30-23-24-34-37(27-30)46(3,4)40-41(28-15-7-5-8-16-28)47-44(48-42(34)40)29-17-9-6-10-18-29;1-45(2)36-21-13-11-19-31(36)34-26-35-32-20-12-14-22-39(32)49(40(35)27-37(34)45)30-23-24-33-38(25-30)46(3,4)41-42(28-15-7-5-8-16-28)47-44(48-43(33)41)29-17-9-6-10-18-29;1-45(2)36-21-13-11-19-31(36)33-25-26-34-32-20-12-14-22-38(32)49(43(34)39(33)45)30-23-24-35-37(27-30)46(3,4)40-41(28-15-7-5-8-16-28)47-44(48-42(35)40)29-17-9-6-10-18-29/h3*5-27H,1-4H3. The molecule has 0 atom stereocenters. The van der Waals surface area contributed by atoms with Crippen molar-refractivity contribution >= 4 is 132 Å². The Morgan fingerprint density at radius 1 is 0.197 bits per heavy atom. The van der Waals surface area contributed by atoms with Gasteiger partial charge >= 0.3 is 872 Å². The van der Waals surface area contributed by atoms with Crippen LogP contribution in [0.4, 0.5) is 0 Å². The zero-order chi connectivity index (χ0) is 99.2. The molecule has 0 bridgehead atoms. The molecule has 702 valence electrons. The van der Waals surface area contributed by atoms with Crippen LogP contribution in [-0.2, 0) is 16.2 Å². The van der Waals surface area contributed by atoms with E-state index in [9.17, 15) is 0 Å². The third-order valence-corrected chi connectivity index (χ3v) is 55.4. The Bertz CT molecular complexity index is 9700. The van der Waals surface area contributed by atoms with Crippen LogP contribution in [0.15, 0.2) is 419 Å². The number of fused-ring (bicyclic) bond motifs is 29. The molecule has 0 amide bonds. The monoisotopic (exact) mass is 2070 g/mol. The fraction of sp³-hybridized carbons (Fsp3) is 0.111.